The molecule has 0 radical (unpaired) electrons. The van der Waals surface area contributed by atoms with E-state index in [0.29, 0.717) is 25.4 Å². The summed E-state index contributed by atoms with van der Waals surface area (Å²) < 4.78 is 0. The summed E-state index contributed by atoms with van der Waals surface area (Å²) in [7, 11) is 0. The van der Waals surface area contributed by atoms with Crippen molar-refractivity contribution in [2.24, 2.45) is 5.92 Å². The molecule has 0 spiro atoms. The Morgan fingerprint density at radius 3 is 2.57 bits per heavy atom. The van der Waals surface area contributed by atoms with E-state index in [1.807, 2.05) is 52.0 Å². The molecule has 1 aromatic rings. The van der Waals surface area contributed by atoms with Gasteiger partial charge in [-0.25, -0.2) is 0 Å². The smallest absolute Gasteiger partial charge is 0.249 e. The van der Waals surface area contributed by atoms with E-state index in [9.17, 15) is 9.59 Å². The third kappa shape index (κ3) is 3.26. The molecule has 2 rings (SSSR count). The number of amides is 2. The van der Waals surface area contributed by atoms with E-state index in [0.717, 1.165) is 11.3 Å². The summed E-state index contributed by atoms with van der Waals surface area (Å²) in [5.41, 5.74) is 2.03. The minimum absolute atomic E-state index is 0.00709. The molecule has 0 aromatic heterocycles. The Labute approximate surface area is 126 Å². The van der Waals surface area contributed by atoms with Gasteiger partial charge in [0.25, 0.3) is 0 Å². The molecule has 0 aliphatic carbocycles. The van der Waals surface area contributed by atoms with Gasteiger partial charge in [0.2, 0.25) is 11.8 Å². The highest BCUT2D eigenvalue weighted by atomic mass is 16.2. The van der Waals surface area contributed by atoms with Gasteiger partial charge in [0.05, 0.1) is 0 Å². The Morgan fingerprint density at radius 2 is 1.95 bits per heavy atom. The van der Waals surface area contributed by atoms with E-state index in [4.69, 9.17) is 0 Å². The summed E-state index contributed by atoms with van der Waals surface area (Å²) in [4.78, 5) is 28.4. The van der Waals surface area contributed by atoms with Gasteiger partial charge in [-0.05, 0) is 31.4 Å². The highest BCUT2D eigenvalue weighted by Crippen LogP contribution is 2.24. The first-order valence-electron chi connectivity index (χ1n) is 7.58. The van der Waals surface area contributed by atoms with Crippen LogP contribution in [-0.2, 0) is 9.59 Å². The largest absolute Gasteiger partial charge is 0.329 e. The van der Waals surface area contributed by atoms with Crippen LogP contribution in [0.2, 0.25) is 0 Å². The summed E-state index contributed by atoms with van der Waals surface area (Å²) >= 11 is 0. The third-order valence-corrected chi connectivity index (χ3v) is 3.96. The molecule has 0 saturated carbocycles. The van der Waals surface area contributed by atoms with Gasteiger partial charge in [-0.1, -0.05) is 32.0 Å². The van der Waals surface area contributed by atoms with Crippen molar-refractivity contribution < 1.29 is 9.59 Å². The molecule has 4 heteroatoms. The number of benzene rings is 1. The molecule has 1 fully saturated rings. The van der Waals surface area contributed by atoms with Crippen LogP contribution in [0.5, 0.6) is 0 Å². The fourth-order valence-corrected chi connectivity index (χ4v) is 2.78. The fourth-order valence-electron chi connectivity index (χ4n) is 2.78. The second-order valence-corrected chi connectivity index (χ2v) is 6.14. The summed E-state index contributed by atoms with van der Waals surface area (Å²) in [5.74, 6) is 0.400. The third-order valence-electron chi connectivity index (χ3n) is 3.96. The minimum Gasteiger partial charge on any atom is -0.329 e. The van der Waals surface area contributed by atoms with Crippen LogP contribution in [0.1, 0.15) is 32.8 Å². The zero-order chi connectivity index (χ0) is 15.6. The fraction of sp³-hybridized carbons (Fsp3) is 0.529. The molecule has 0 bridgehead atoms. The predicted molar refractivity (Wildman–Crippen MR) is 84.2 cm³/mol. The van der Waals surface area contributed by atoms with Crippen LogP contribution in [0, 0.1) is 12.8 Å². The molecule has 21 heavy (non-hydrogen) atoms. The number of nitrogens with zero attached hydrogens (tertiary/aromatic N) is 2. The molecular weight excluding hydrogens is 264 g/mol. The standard InChI is InChI=1S/C17H24N2O2/c1-12(2)11-16(20)18-9-10-19(17(21)14(18)4)15-8-6-5-7-13(15)3/h5-8,12,14H,9-11H2,1-4H3/t14-/m1/s1. The Kier molecular flexibility index (Phi) is 4.66. The number of para-hydroxylation sites is 1. The van der Waals surface area contributed by atoms with Gasteiger partial charge >= 0.3 is 0 Å². The zero-order valence-corrected chi connectivity index (χ0v) is 13.3. The number of anilines is 1. The monoisotopic (exact) mass is 288 g/mol. The molecule has 1 aromatic carbocycles. The number of aryl methyl sites for hydroxylation is 1. The topological polar surface area (TPSA) is 40.6 Å². The van der Waals surface area contributed by atoms with Crippen molar-refractivity contribution in [3.63, 3.8) is 0 Å². The highest BCUT2D eigenvalue weighted by Gasteiger charge is 2.35. The van der Waals surface area contributed by atoms with Crippen LogP contribution in [0.3, 0.4) is 0 Å². The number of hydrogen-bond acceptors (Lipinski definition) is 2. The molecule has 114 valence electrons. The zero-order valence-electron chi connectivity index (χ0n) is 13.3. The van der Waals surface area contributed by atoms with Crippen LogP contribution in [0.25, 0.3) is 0 Å². The number of carbonyl (C=O) groups is 2. The van der Waals surface area contributed by atoms with E-state index >= 15 is 0 Å². The number of carbonyl (C=O) groups excluding carboxylic acids is 2. The van der Waals surface area contributed by atoms with Crippen LogP contribution < -0.4 is 4.90 Å². The first kappa shape index (κ1) is 15.5. The number of piperazine rings is 1. The number of rotatable bonds is 3. The SMILES string of the molecule is Cc1ccccc1N1CCN(C(=O)CC(C)C)[C@H](C)C1=O. The molecule has 1 saturated heterocycles. The average molecular weight is 288 g/mol. The van der Waals surface area contributed by atoms with Crippen molar-refractivity contribution in [2.45, 2.75) is 40.2 Å². The Morgan fingerprint density at radius 1 is 1.29 bits per heavy atom. The maximum atomic E-state index is 12.6. The summed E-state index contributed by atoms with van der Waals surface area (Å²) in [6, 6.07) is 7.49. The van der Waals surface area contributed by atoms with Crippen molar-refractivity contribution in [1.82, 2.24) is 4.90 Å². The van der Waals surface area contributed by atoms with Crippen molar-refractivity contribution in [3.05, 3.63) is 29.8 Å². The van der Waals surface area contributed by atoms with Crippen LogP contribution in [0.4, 0.5) is 5.69 Å². The average Bonchev–Trinajstić information content (AvgIpc) is 2.42. The van der Waals surface area contributed by atoms with Crippen LogP contribution >= 0.6 is 0 Å². The van der Waals surface area contributed by atoms with Gasteiger partial charge in [-0.15, -0.1) is 0 Å². The molecule has 1 aliphatic heterocycles. The van der Waals surface area contributed by atoms with Gasteiger partial charge in [-0.2, -0.15) is 0 Å². The normalized spacial score (nSPS) is 19.3. The summed E-state index contributed by atoms with van der Waals surface area (Å²) in [6.07, 6.45) is 0.502. The lowest BCUT2D eigenvalue weighted by molar-refractivity contribution is -0.141. The maximum Gasteiger partial charge on any atom is 0.249 e. The van der Waals surface area contributed by atoms with Crippen molar-refractivity contribution in [1.29, 1.82) is 0 Å². The van der Waals surface area contributed by atoms with Crippen molar-refractivity contribution in [2.75, 3.05) is 18.0 Å². The lowest BCUT2D eigenvalue weighted by Gasteiger charge is -2.39. The molecule has 0 unspecified atom stereocenters. The number of hydrogen-bond donors (Lipinski definition) is 0. The lowest BCUT2D eigenvalue weighted by Crippen LogP contribution is -2.58. The lowest BCUT2D eigenvalue weighted by atomic mass is 10.1. The summed E-state index contributed by atoms with van der Waals surface area (Å²) in [5, 5.41) is 0. The molecule has 2 amide bonds. The highest BCUT2D eigenvalue weighted by molar-refractivity contribution is 6.00. The second-order valence-electron chi connectivity index (χ2n) is 6.14. The Hall–Kier alpha value is -1.84. The Balaban J connectivity index is 2.15. The van der Waals surface area contributed by atoms with Gasteiger partial charge in [0.15, 0.2) is 0 Å². The quantitative estimate of drug-likeness (QED) is 0.858. The van der Waals surface area contributed by atoms with E-state index < -0.39 is 0 Å². The molecule has 1 heterocycles. The van der Waals surface area contributed by atoms with E-state index in [1.165, 1.54) is 0 Å². The molecule has 1 atom stereocenters. The Bertz CT molecular complexity index is 539. The second kappa shape index (κ2) is 6.29. The van der Waals surface area contributed by atoms with Crippen LogP contribution in [-0.4, -0.2) is 35.8 Å². The summed E-state index contributed by atoms with van der Waals surface area (Å²) in [6.45, 7) is 9.04. The van der Waals surface area contributed by atoms with E-state index in [-0.39, 0.29) is 17.9 Å². The molecule has 0 N–H and O–H groups in total. The van der Waals surface area contributed by atoms with E-state index in [1.54, 1.807) is 9.80 Å². The van der Waals surface area contributed by atoms with Gasteiger partial charge < -0.3 is 9.80 Å². The first-order valence-corrected chi connectivity index (χ1v) is 7.58. The predicted octanol–water partition coefficient (Wildman–Crippen LogP) is 2.60. The maximum absolute atomic E-state index is 12.6. The van der Waals surface area contributed by atoms with Crippen molar-refractivity contribution >= 4 is 17.5 Å². The molecule has 1 aliphatic rings. The molecule has 4 nitrogen and oxygen atoms in total. The van der Waals surface area contributed by atoms with Gasteiger partial charge in [-0.3, -0.25) is 9.59 Å². The molecular formula is C17H24N2O2. The van der Waals surface area contributed by atoms with Crippen LogP contribution in [0.15, 0.2) is 24.3 Å². The van der Waals surface area contributed by atoms with Gasteiger partial charge in [0, 0.05) is 25.2 Å². The minimum atomic E-state index is -0.385. The van der Waals surface area contributed by atoms with Gasteiger partial charge in [0.1, 0.15) is 6.04 Å². The first-order chi connectivity index (χ1) is 9.91. The van der Waals surface area contributed by atoms with E-state index in [2.05, 4.69) is 0 Å². The van der Waals surface area contributed by atoms with Crippen molar-refractivity contribution in [3.8, 4) is 0 Å².